The number of aryl methyl sites for hydroxylation is 1. The number of quaternary nitrogens is 1. The molecule has 9 heteroatoms. The van der Waals surface area contributed by atoms with Crippen molar-refractivity contribution in [2.45, 2.75) is 31.2 Å². The molecule has 1 N–H and O–H groups in total. The molecule has 3 aliphatic rings. The normalized spacial score (nSPS) is 20.0. The van der Waals surface area contributed by atoms with Crippen LogP contribution in [0.3, 0.4) is 0 Å². The third-order valence-electron chi connectivity index (χ3n) is 7.14. The number of nitrogens with zero attached hydrogens (tertiary/aromatic N) is 2. The van der Waals surface area contributed by atoms with Gasteiger partial charge in [0, 0.05) is 24.6 Å². The van der Waals surface area contributed by atoms with Crippen LogP contribution in [0.25, 0.3) is 0 Å². The number of sulfonamides is 1. The number of amides is 1. The number of nitrogens with one attached hydrogen (secondary N) is 1. The predicted molar refractivity (Wildman–Crippen MR) is 126 cm³/mol. The lowest BCUT2D eigenvalue weighted by molar-refractivity contribution is -0.917. The van der Waals surface area contributed by atoms with Gasteiger partial charge in [0.1, 0.15) is 6.54 Å². The standard InChI is InChI=1S/C25H31N3O5S/c1-19-2-5-22(6-3-19)34(30,31)28-10-8-21(9-11-28)25(29)27-14-12-26(13-15-27)17-20-4-7-23-24(16-20)33-18-32-23/h2-7,16,21H,8-15,17-18H2,1H3/p+1. The van der Waals surface area contributed by atoms with E-state index in [1.54, 1.807) is 12.1 Å². The zero-order valence-electron chi connectivity index (χ0n) is 19.5. The maximum Gasteiger partial charge on any atom is 0.243 e. The van der Waals surface area contributed by atoms with E-state index in [1.807, 2.05) is 36.1 Å². The Morgan fingerprint density at radius 1 is 0.971 bits per heavy atom. The van der Waals surface area contributed by atoms with Crippen molar-refractivity contribution in [2.75, 3.05) is 46.1 Å². The maximum atomic E-state index is 13.1. The van der Waals surface area contributed by atoms with E-state index in [4.69, 9.17) is 9.47 Å². The molecule has 1 amide bonds. The average molecular weight is 487 g/mol. The number of ether oxygens (including phenoxy) is 2. The van der Waals surface area contributed by atoms with Crippen molar-refractivity contribution >= 4 is 15.9 Å². The minimum absolute atomic E-state index is 0.0973. The molecule has 0 atom stereocenters. The van der Waals surface area contributed by atoms with E-state index in [0.29, 0.717) is 30.8 Å². The van der Waals surface area contributed by atoms with Gasteiger partial charge in [-0.1, -0.05) is 17.7 Å². The molecule has 0 unspecified atom stereocenters. The second-order valence-electron chi connectivity index (χ2n) is 9.43. The van der Waals surface area contributed by atoms with Crippen molar-refractivity contribution < 1.29 is 27.6 Å². The summed E-state index contributed by atoms with van der Waals surface area (Å²) in [5, 5.41) is 0. The quantitative estimate of drug-likeness (QED) is 0.684. The van der Waals surface area contributed by atoms with Gasteiger partial charge < -0.3 is 19.3 Å². The molecule has 3 aliphatic heterocycles. The molecule has 0 radical (unpaired) electrons. The van der Waals surface area contributed by atoms with E-state index in [-0.39, 0.29) is 18.6 Å². The van der Waals surface area contributed by atoms with E-state index in [1.165, 1.54) is 14.8 Å². The SMILES string of the molecule is Cc1ccc(S(=O)(=O)N2CCC(C(=O)N3CC[NH+](Cc4ccc5c(c4)OCO5)CC3)CC2)cc1. The Balaban J connectivity index is 1.11. The summed E-state index contributed by atoms with van der Waals surface area (Å²) < 4.78 is 38.3. The van der Waals surface area contributed by atoms with Crippen LogP contribution in [0.2, 0.25) is 0 Å². The first kappa shape index (κ1) is 23.1. The molecule has 0 aliphatic carbocycles. The van der Waals surface area contributed by atoms with Crippen molar-refractivity contribution in [1.82, 2.24) is 9.21 Å². The Morgan fingerprint density at radius 2 is 1.65 bits per heavy atom. The van der Waals surface area contributed by atoms with Crippen LogP contribution in [0, 0.1) is 12.8 Å². The highest BCUT2D eigenvalue weighted by Crippen LogP contribution is 2.32. The fourth-order valence-electron chi connectivity index (χ4n) is 5.02. The molecule has 0 bridgehead atoms. The molecule has 8 nitrogen and oxygen atoms in total. The van der Waals surface area contributed by atoms with Gasteiger partial charge in [0.2, 0.25) is 22.7 Å². The average Bonchev–Trinajstić information content (AvgIpc) is 3.32. The number of fused-ring (bicyclic) bond motifs is 1. The number of piperidine rings is 1. The molecule has 2 aromatic rings. The van der Waals surface area contributed by atoms with E-state index >= 15 is 0 Å². The van der Waals surface area contributed by atoms with Gasteiger partial charge in [-0.05, 0) is 50.1 Å². The van der Waals surface area contributed by atoms with Crippen molar-refractivity contribution in [1.29, 1.82) is 0 Å². The number of carbonyl (C=O) groups excluding carboxylic acids is 1. The second kappa shape index (κ2) is 9.56. The van der Waals surface area contributed by atoms with Crippen LogP contribution in [0.4, 0.5) is 0 Å². The molecule has 182 valence electrons. The monoisotopic (exact) mass is 486 g/mol. The van der Waals surface area contributed by atoms with Crippen LogP contribution in [0.1, 0.15) is 24.0 Å². The molecule has 34 heavy (non-hydrogen) atoms. The van der Waals surface area contributed by atoms with Crippen LogP contribution in [-0.2, 0) is 21.4 Å². The van der Waals surface area contributed by atoms with Gasteiger partial charge in [0.25, 0.3) is 0 Å². The van der Waals surface area contributed by atoms with E-state index in [0.717, 1.165) is 49.8 Å². The summed E-state index contributed by atoms with van der Waals surface area (Å²) in [4.78, 5) is 16.9. The minimum Gasteiger partial charge on any atom is -0.454 e. The molecular formula is C25H32N3O5S+. The molecule has 0 spiro atoms. The van der Waals surface area contributed by atoms with Crippen LogP contribution < -0.4 is 14.4 Å². The smallest absolute Gasteiger partial charge is 0.243 e. The van der Waals surface area contributed by atoms with E-state index in [2.05, 4.69) is 6.07 Å². The highest BCUT2D eigenvalue weighted by Gasteiger charge is 2.35. The number of hydrogen-bond donors (Lipinski definition) is 1. The van der Waals surface area contributed by atoms with Gasteiger partial charge >= 0.3 is 0 Å². The third-order valence-corrected chi connectivity index (χ3v) is 9.05. The Hall–Kier alpha value is -2.62. The zero-order valence-corrected chi connectivity index (χ0v) is 20.4. The summed E-state index contributed by atoms with van der Waals surface area (Å²) in [5.41, 5.74) is 2.24. The van der Waals surface area contributed by atoms with Crippen molar-refractivity contribution in [3.05, 3.63) is 53.6 Å². The third kappa shape index (κ3) is 4.78. The topological polar surface area (TPSA) is 80.6 Å². The summed E-state index contributed by atoms with van der Waals surface area (Å²) in [6.07, 6.45) is 1.16. The summed E-state index contributed by atoms with van der Waals surface area (Å²) >= 11 is 0. The first-order chi connectivity index (χ1) is 16.4. The summed E-state index contributed by atoms with van der Waals surface area (Å²) in [7, 11) is -3.51. The number of piperazine rings is 1. The first-order valence-electron chi connectivity index (χ1n) is 12.0. The summed E-state index contributed by atoms with van der Waals surface area (Å²) in [6, 6.07) is 13.0. The number of rotatable bonds is 5. The van der Waals surface area contributed by atoms with Crippen LogP contribution in [0.15, 0.2) is 47.4 Å². The predicted octanol–water partition coefficient (Wildman–Crippen LogP) is 1.05. The zero-order chi connectivity index (χ0) is 23.7. The molecule has 0 saturated carbocycles. The van der Waals surface area contributed by atoms with Gasteiger partial charge in [-0.2, -0.15) is 4.31 Å². The summed E-state index contributed by atoms with van der Waals surface area (Å²) in [6.45, 7) is 7.18. The van der Waals surface area contributed by atoms with Gasteiger partial charge in [0.15, 0.2) is 11.5 Å². The van der Waals surface area contributed by atoms with Gasteiger partial charge in [-0.3, -0.25) is 4.79 Å². The van der Waals surface area contributed by atoms with Crippen molar-refractivity contribution in [3.8, 4) is 11.5 Å². The largest absolute Gasteiger partial charge is 0.454 e. The molecule has 0 aromatic heterocycles. The molecule has 2 fully saturated rings. The number of carbonyl (C=O) groups is 1. The molecular weight excluding hydrogens is 454 g/mol. The fraction of sp³-hybridized carbons (Fsp3) is 0.480. The molecule has 2 saturated heterocycles. The lowest BCUT2D eigenvalue weighted by atomic mass is 9.96. The molecule has 5 rings (SSSR count). The lowest BCUT2D eigenvalue weighted by Gasteiger charge is -2.36. The fourth-order valence-corrected chi connectivity index (χ4v) is 6.49. The first-order valence-corrected chi connectivity index (χ1v) is 13.4. The summed E-state index contributed by atoms with van der Waals surface area (Å²) in [5.74, 6) is 1.68. The van der Waals surface area contributed by atoms with Crippen molar-refractivity contribution in [2.24, 2.45) is 5.92 Å². The van der Waals surface area contributed by atoms with Gasteiger partial charge in [-0.25, -0.2) is 8.42 Å². The van der Waals surface area contributed by atoms with Crippen LogP contribution in [0.5, 0.6) is 11.5 Å². The maximum absolute atomic E-state index is 13.1. The van der Waals surface area contributed by atoms with E-state index in [9.17, 15) is 13.2 Å². The Labute approximate surface area is 201 Å². The minimum atomic E-state index is -3.51. The Kier molecular flexibility index (Phi) is 6.50. The van der Waals surface area contributed by atoms with E-state index < -0.39 is 10.0 Å². The second-order valence-corrected chi connectivity index (χ2v) is 11.4. The van der Waals surface area contributed by atoms with Gasteiger partial charge in [-0.15, -0.1) is 0 Å². The number of hydrogen-bond acceptors (Lipinski definition) is 5. The lowest BCUT2D eigenvalue weighted by Crippen LogP contribution is -3.13. The van der Waals surface area contributed by atoms with Crippen LogP contribution >= 0.6 is 0 Å². The molecule has 3 heterocycles. The highest BCUT2D eigenvalue weighted by atomic mass is 32.2. The van der Waals surface area contributed by atoms with Gasteiger partial charge in [0.05, 0.1) is 31.1 Å². The number of benzene rings is 2. The Morgan fingerprint density at radius 3 is 2.35 bits per heavy atom. The van der Waals surface area contributed by atoms with Crippen molar-refractivity contribution in [3.63, 3.8) is 0 Å². The Bertz CT molecular complexity index is 1140. The van der Waals surface area contributed by atoms with Crippen LogP contribution in [-0.4, -0.2) is 69.6 Å². The highest BCUT2D eigenvalue weighted by molar-refractivity contribution is 7.89. The molecule has 2 aromatic carbocycles.